The molecule has 0 aliphatic heterocycles. The molecule has 19 heavy (non-hydrogen) atoms. The van der Waals surface area contributed by atoms with Crippen molar-refractivity contribution in [2.45, 2.75) is 6.42 Å². The van der Waals surface area contributed by atoms with Crippen molar-refractivity contribution < 1.29 is 9.53 Å². The summed E-state index contributed by atoms with van der Waals surface area (Å²) in [7, 11) is 1.27. The summed E-state index contributed by atoms with van der Waals surface area (Å²) < 4.78 is 4.57. The maximum absolute atomic E-state index is 11.4. The molecule has 0 fully saturated rings. The number of hydrogen-bond acceptors (Lipinski definition) is 4. The highest BCUT2D eigenvalue weighted by Gasteiger charge is 2.14. The van der Waals surface area contributed by atoms with E-state index in [9.17, 15) is 4.79 Å². The van der Waals surface area contributed by atoms with E-state index in [0.717, 1.165) is 5.56 Å². The van der Waals surface area contributed by atoms with Gasteiger partial charge in [0.15, 0.2) is 0 Å². The van der Waals surface area contributed by atoms with Crippen molar-refractivity contribution in [3.63, 3.8) is 0 Å². The number of ether oxygens (including phenoxy) is 1. The third-order valence-electron chi connectivity index (χ3n) is 2.50. The zero-order chi connectivity index (χ0) is 13.8. The predicted octanol–water partition coefficient (Wildman–Crippen LogP) is 3.16. The van der Waals surface area contributed by atoms with E-state index in [1.807, 2.05) is 18.2 Å². The topological polar surface area (TPSA) is 52.1 Å². The van der Waals surface area contributed by atoms with Gasteiger partial charge in [-0.1, -0.05) is 41.4 Å². The second kappa shape index (κ2) is 5.99. The van der Waals surface area contributed by atoms with Gasteiger partial charge in [0.05, 0.1) is 7.11 Å². The Bertz CT molecular complexity index is 617. The molecule has 0 atom stereocenters. The van der Waals surface area contributed by atoms with Crippen LogP contribution in [0.2, 0.25) is 10.2 Å². The van der Waals surface area contributed by atoms with Crippen molar-refractivity contribution in [1.29, 1.82) is 0 Å². The molecule has 0 bridgehead atoms. The van der Waals surface area contributed by atoms with E-state index in [1.165, 1.54) is 13.3 Å². The van der Waals surface area contributed by atoms with Gasteiger partial charge in [-0.3, -0.25) is 0 Å². The van der Waals surface area contributed by atoms with Crippen LogP contribution in [0.1, 0.15) is 21.7 Å². The van der Waals surface area contributed by atoms with Crippen LogP contribution in [0, 0.1) is 0 Å². The fourth-order valence-corrected chi connectivity index (χ4v) is 1.96. The molecule has 0 radical (unpaired) electrons. The fourth-order valence-electron chi connectivity index (χ4n) is 1.54. The number of benzene rings is 1. The molecule has 2 aromatic rings. The minimum Gasteiger partial charge on any atom is -0.465 e. The van der Waals surface area contributed by atoms with Crippen LogP contribution in [0.25, 0.3) is 0 Å². The highest BCUT2D eigenvalue weighted by molar-refractivity contribution is 6.32. The van der Waals surface area contributed by atoms with Crippen LogP contribution in [0.15, 0.2) is 30.5 Å². The summed E-state index contributed by atoms with van der Waals surface area (Å²) in [6.45, 7) is 0. The van der Waals surface area contributed by atoms with Crippen LogP contribution < -0.4 is 0 Å². The molecule has 0 aliphatic carbocycles. The molecule has 0 N–H and O–H groups in total. The van der Waals surface area contributed by atoms with Gasteiger partial charge in [-0.05, 0) is 11.6 Å². The number of aromatic nitrogens is 2. The Morgan fingerprint density at radius 2 is 2.05 bits per heavy atom. The van der Waals surface area contributed by atoms with Gasteiger partial charge >= 0.3 is 5.97 Å². The van der Waals surface area contributed by atoms with E-state index in [0.29, 0.717) is 17.3 Å². The zero-order valence-electron chi connectivity index (χ0n) is 10.1. The van der Waals surface area contributed by atoms with Gasteiger partial charge in [-0.25, -0.2) is 14.8 Å². The van der Waals surface area contributed by atoms with Crippen molar-refractivity contribution in [2.75, 3.05) is 7.11 Å². The van der Waals surface area contributed by atoms with Gasteiger partial charge in [0.25, 0.3) is 0 Å². The Kier molecular flexibility index (Phi) is 4.35. The molecule has 98 valence electrons. The van der Waals surface area contributed by atoms with E-state index in [4.69, 9.17) is 23.2 Å². The number of carbonyl (C=O) groups excluding carboxylic acids is 1. The zero-order valence-corrected chi connectivity index (χ0v) is 11.6. The minimum atomic E-state index is -0.561. The first-order chi connectivity index (χ1) is 9.11. The smallest absolute Gasteiger partial charge is 0.342 e. The van der Waals surface area contributed by atoms with Crippen molar-refractivity contribution in [3.8, 4) is 0 Å². The second-order valence-corrected chi connectivity index (χ2v) is 4.52. The highest BCUT2D eigenvalue weighted by atomic mass is 35.5. The van der Waals surface area contributed by atoms with Gasteiger partial charge in [0.2, 0.25) is 0 Å². The largest absolute Gasteiger partial charge is 0.465 e. The Hall–Kier alpha value is -1.65. The summed E-state index contributed by atoms with van der Waals surface area (Å²) in [6, 6.07) is 7.40. The summed E-state index contributed by atoms with van der Waals surface area (Å²) in [4.78, 5) is 19.5. The Balaban J connectivity index is 2.26. The van der Waals surface area contributed by atoms with E-state index in [-0.39, 0.29) is 10.7 Å². The molecule has 4 nitrogen and oxygen atoms in total. The SMILES string of the molecule is COC(=O)c1cnc(Cc2ccccc2Cl)nc1Cl. The summed E-state index contributed by atoms with van der Waals surface area (Å²) in [5.74, 6) is -0.0694. The van der Waals surface area contributed by atoms with Gasteiger partial charge in [0.1, 0.15) is 16.5 Å². The number of rotatable bonds is 3. The number of hydrogen-bond donors (Lipinski definition) is 0. The van der Waals surface area contributed by atoms with Crippen molar-refractivity contribution in [1.82, 2.24) is 9.97 Å². The molecule has 0 spiro atoms. The number of carbonyl (C=O) groups is 1. The number of methoxy groups -OCH3 is 1. The maximum atomic E-state index is 11.4. The number of esters is 1. The van der Waals surface area contributed by atoms with Crippen LogP contribution in [0.3, 0.4) is 0 Å². The van der Waals surface area contributed by atoms with Crippen LogP contribution in [-0.4, -0.2) is 23.0 Å². The monoisotopic (exact) mass is 296 g/mol. The molecular weight excluding hydrogens is 287 g/mol. The molecule has 0 aliphatic rings. The minimum absolute atomic E-state index is 0.0731. The number of halogens is 2. The third-order valence-corrected chi connectivity index (χ3v) is 3.16. The van der Waals surface area contributed by atoms with Crippen molar-refractivity contribution in [2.24, 2.45) is 0 Å². The van der Waals surface area contributed by atoms with Crippen molar-refractivity contribution in [3.05, 3.63) is 57.6 Å². The molecule has 0 saturated carbocycles. The molecule has 1 aromatic carbocycles. The average molecular weight is 297 g/mol. The summed E-state index contributed by atoms with van der Waals surface area (Å²) in [5, 5.41) is 0.711. The van der Waals surface area contributed by atoms with Gasteiger partial charge in [0, 0.05) is 17.6 Å². The molecule has 0 saturated heterocycles. The first-order valence-electron chi connectivity index (χ1n) is 5.45. The average Bonchev–Trinajstić information content (AvgIpc) is 2.41. The van der Waals surface area contributed by atoms with Crippen LogP contribution >= 0.6 is 23.2 Å². The maximum Gasteiger partial charge on any atom is 0.342 e. The third kappa shape index (κ3) is 3.22. The summed E-state index contributed by atoms with van der Waals surface area (Å²) in [5.41, 5.74) is 1.04. The van der Waals surface area contributed by atoms with Crippen LogP contribution in [0.4, 0.5) is 0 Å². The van der Waals surface area contributed by atoms with Crippen molar-refractivity contribution >= 4 is 29.2 Å². The molecule has 6 heteroatoms. The fraction of sp³-hybridized carbons (Fsp3) is 0.154. The molecule has 2 rings (SSSR count). The number of nitrogens with zero attached hydrogens (tertiary/aromatic N) is 2. The standard InChI is InChI=1S/C13H10Cl2N2O2/c1-19-13(18)9-7-16-11(17-12(9)15)6-8-4-2-3-5-10(8)14/h2-5,7H,6H2,1H3. The lowest BCUT2D eigenvalue weighted by molar-refractivity contribution is 0.0600. The van der Waals surface area contributed by atoms with Gasteiger partial charge in [-0.15, -0.1) is 0 Å². The first kappa shape index (κ1) is 13.8. The van der Waals surface area contributed by atoms with Gasteiger partial charge < -0.3 is 4.74 Å². The molecule has 1 heterocycles. The van der Waals surface area contributed by atoms with Crippen LogP contribution in [-0.2, 0) is 11.2 Å². The first-order valence-corrected chi connectivity index (χ1v) is 6.20. The van der Waals surface area contributed by atoms with Gasteiger partial charge in [-0.2, -0.15) is 0 Å². The van der Waals surface area contributed by atoms with Crippen LogP contribution in [0.5, 0.6) is 0 Å². The Labute approximate surface area is 120 Å². The molecule has 0 unspecified atom stereocenters. The second-order valence-electron chi connectivity index (χ2n) is 3.75. The Morgan fingerprint density at radius 3 is 2.68 bits per heavy atom. The lowest BCUT2D eigenvalue weighted by atomic mass is 10.1. The Morgan fingerprint density at radius 1 is 1.32 bits per heavy atom. The molecule has 0 amide bonds. The molecule has 1 aromatic heterocycles. The lowest BCUT2D eigenvalue weighted by Gasteiger charge is -2.05. The summed E-state index contributed by atoms with van der Waals surface area (Å²) >= 11 is 12.0. The van der Waals surface area contributed by atoms with E-state index >= 15 is 0 Å². The predicted molar refractivity (Wildman–Crippen MR) is 72.6 cm³/mol. The normalized spacial score (nSPS) is 10.3. The lowest BCUT2D eigenvalue weighted by Crippen LogP contribution is -2.07. The molecular formula is C13H10Cl2N2O2. The summed E-state index contributed by atoms with van der Waals surface area (Å²) in [6.07, 6.45) is 1.80. The van der Waals surface area contributed by atoms with E-state index in [1.54, 1.807) is 6.07 Å². The van der Waals surface area contributed by atoms with E-state index < -0.39 is 5.97 Å². The van der Waals surface area contributed by atoms with E-state index in [2.05, 4.69) is 14.7 Å². The highest BCUT2D eigenvalue weighted by Crippen LogP contribution is 2.19. The quantitative estimate of drug-likeness (QED) is 0.645.